The monoisotopic (exact) mass is 346 g/mol. The summed E-state index contributed by atoms with van der Waals surface area (Å²) in [5.74, 6) is -0.624. The van der Waals surface area contributed by atoms with Crippen LogP contribution in [-0.2, 0) is 16.0 Å². The van der Waals surface area contributed by atoms with Crippen LogP contribution in [0.25, 0.3) is 0 Å². The van der Waals surface area contributed by atoms with Crippen LogP contribution in [0.5, 0.6) is 0 Å². The minimum atomic E-state index is -0.801. The quantitative estimate of drug-likeness (QED) is 0.890. The molecule has 1 aliphatic heterocycles. The summed E-state index contributed by atoms with van der Waals surface area (Å²) >= 11 is 0. The average Bonchev–Trinajstić information content (AvgIpc) is 2.76. The number of hydrogen-bond acceptors (Lipinski definition) is 3. The van der Waals surface area contributed by atoms with Crippen LogP contribution in [-0.4, -0.2) is 59.5 Å². The number of carbonyl (C=O) groups is 2. The predicted molar refractivity (Wildman–Crippen MR) is 98.8 cm³/mol. The van der Waals surface area contributed by atoms with Gasteiger partial charge in [0.25, 0.3) is 0 Å². The van der Waals surface area contributed by atoms with E-state index >= 15 is 0 Å². The molecule has 5 nitrogen and oxygen atoms in total. The Morgan fingerprint density at radius 2 is 1.80 bits per heavy atom. The first kappa shape index (κ1) is 19.4. The van der Waals surface area contributed by atoms with E-state index in [4.69, 9.17) is 5.11 Å². The van der Waals surface area contributed by atoms with E-state index in [1.54, 1.807) is 0 Å². The van der Waals surface area contributed by atoms with Crippen LogP contribution in [0.3, 0.4) is 0 Å². The normalized spacial score (nSPS) is 18.3. The fourth-order valence-corrected chi connectivity index (χ4v) is 3.86. The number of carboxylic acids is 1. The Morgan fingerprint density at radius 1 is 1.16 bits per heavy atom. The highest BCUT2D eigenvalue weighted by atomic mass is 16.4. The van der Waals surface area contributed by atoms with Crippen LogP contribution in [0.15, 0.2) is 12.1 Å². The summed E-state index contributed by atoms with van der Waals surface area (Å²) in [6, 6.07) is 4.50. The SMILES string of the molecule is Cc1cc(C)c(CC(=O)N2CCCC(N(C)CC(=O)O)CC2)c(C)c1. The third kappa shape index (κ3) is 5.30. The van der Waals surface area contributed by atoms with Gasteiger partial charge in [-0.25, -0.2) is 0 Å². The van der Waals surface area contributed by atoms with Gasteiger partial charge in [-0.2, -0.15) is 0 Å². The van der Waals surface area contributed by atoms with E-state index in [1.165, 1.54) is 16.7 Å². The van der Waals surface area contributed by atoms with E-state index in [2.05, 4.69) is 32.9 Å². The van der Waals surface area contributed by atoms with Crippen LogP contribution in [0.1, 0.15) is 41.5 Å². The molecule has 1 fully saturated rings. The average molecular weight is 346 g/mol. The first-order valence-electron chi connectivity index (χ1n) is 9.04. The van der Waals surface area contributed by atoms with Gasteiger partial charge in [-0.15, -0.1) is 0 Å². The van der Waals surface area contributed by atoms with Crippen LogP contribution < -0.4 is 0 Å². The number of nitrogens with zero attached hydrogens (tertiary/aromatic N) is 2. The van der Waals surface area contributed by atoms with E-state index < -0.39 is 5.97 Å². The van der Waals surface area contributed by atoms with Crippen molar-refractivity contribution in [3.63, 3.8) is 0 Å². The van der Waals surface area contributed by atoms with E-state index in [0.717, 1.165) is 31.4 Å². The van der Waals surface area contributed by atoms with Gasteiger partial charge < -0.3 is 10.0 Å². The molecule has 1 atom stereocenters. The topological polar surface area (TPSA) is 60.9 Å². The van der Waals surface area contributed by atoms with Crippen molar-refractivity contribution in [2.45, 2.75) is 52.5 Å². The van der Waals surface area contributed by atoms with E-state index in [0.29, 0.717) is 13.0 Å². The summed E-state index contributed by atoms with van der Waals surface area (Å²) in [6.45, 7) is 7.75. The maximum atomic E-state index is 12.8. The lowest BCUT2D eigenvalue weighted by Crippen LogP contribution is -2.37. The third-order valence-electron chi connectivity index (χ3n) is 5.23. The van der Waals surface area contributed by atoms with E-state index in [-0.39, 0.29) is 18.5 Å². The largest absolute Gasteiger partial charge is 0.480 e. The zero-order valence-corrected chi connectivity index (χ0v) is 15.8. The zero-order valence-electron chi connectivity index (χ0n) is 15.8. The lowest BCUT2D eigenvalue weighted by molar-refractivity contribution is -0.138. The summed E-state index contributed by atoms with van der Waals surface area (Å²) in [5, 5.41) is 8.95. The Bertz CT molecular complexity index is 619. The van der Waals surface area contributed by atoms with Gasteiger partial charge in [0.1, 0.15) is 0 Å². The summed E-state index contributed by atoms with van der Waals surface area (Å²) in [4.78, 5) is 27.5. The fourth-order valence-electron chi connectivity index (χ4n) is 3.86. The summed E-state index contributed by atoms with van der Waals surface area (Å²) in [7, 11) is 1.86. The number of amides is 1. The number of aryl methyl sites for hydroxylation is 3. The predicted octanol–water partition coefficient (Wildman–Crippen LogP) is 2.55. The summed E-state index contributed by atoms with van der Waals surface area (Å²) in [6.07, 6.45) is 3.15. The molecule has 1 aromatic carbocycles. The van der Waals surface area contributed by atoms with Gasteiger partial charge in [0.05, 0.1) is 13.0 Å². The van der Waals surface area contributed by atoms with Gasteiger partial charge in [-0.1, -0.05) is 17.7 Å². The van der Waals surface area contributed by atoms with Gasteiger partial charge in [0.2, 0.25) is 5.91 Å². The minimum absolute atomic E-state index is 0.0559. The van der Waals surface area contributed by atoms with Gasteiger partial charge in [-0.05, 0) is 63.8 Å². The molecular formula is C20H30N2O3. The fraction of sp³-hybridized carbons (Fsp3) is 0.600. The molecule has 0 bridgehead atoms. The highest BCUT2D eigenvalue weighted by Gasteiger charge is 2.24. The lowest BCUT2D eigenvalue weighted by Gasteiger charge is -2.26. The second-order valence-electron chi connectivity index (χ2n) is 7.33. The Kier molecular flexibility index (Phi) is 6.59. The highest BCUT2D eigenvalue weighted by Crippen LogP contribution is 2.20. The summed E-state index contributed by atoms with van der Waals surface area (Å²) in [5.41, 5.74) is 4.73. The second-order valence-corrected chi connectivity index (χ2v) is 7.33. The number of likely N-dealkylation sites (N-methyl/N-ethyl adjacent to an activating group) is 1. The molecule has 5 heteroatoms. The van der Waals surface area contributed by atoms with E-state index in [1.807, 2.05) is 16.8 Å². The standard InChI is InChI=1S/C20H30N2O3/c1-14-10-15(2)18(16(3)11-14)12-19(23)22-8-5-6-17(7-9-22)21(4)13-20(24)25/h10-11,17H,5-9,12-13H2,1-4H3,(H,24,25). The van der Waals surface area contributed by atoms with Crippen molar-refractivity contribution in [1.82, 2.24) is 9.80 Å². The number of carboxylic acid groups (broad SMARTS) is 1. The van der Waals surface area contributed by atoms with Crippen LogP contribution in [0.2, 0.25) is 0 Å². The Labute approximate surface area is 150 Å². The van der Waals surface area contributed by atoms with Crippen molar-refractivity contribution < 1.29 is 14.7 Å². The molecular weight excluding hydrogens is 316 g/mol. The molecule has 1 unspecified atom stereocenters. The van der Waals surface area contributed by atoms with Crippen molar-refractivity contribution in [2.75, 3.05) is 26.7 Å². The molecule has 1 amide bonds. The van der Waals surface area contributed by atoms with Crippen LogP contribution in [0.4, 0.5) is 0 Å². The molecule has 25 heavy (non-hydrogen) atoms. The minimum Gasteiger partial charge on any atom is -0.480 e. The zero-order chi connectivity index (χ0) is 18.6. The number of carbonyl (C=O) groups excluding carboxylic acids is 1. The van der Waals surface area contributed by atoms with Crippen molar-refractivity contribution in [2.24, 2.45) is 0 Å². The number of hydrogen-bond donors (Lipinski definition) is 1. The van der Waals surface area contributed by atoms with Crippen molar-refractivity contribution >= 4 is 11.9 Å². The third-order valence-corrected chi connectivity index (χ3v) is 5.23. The first-order chi connectivity index (χ1) is 11.8. The van der Waals surface area contributed by atoms with Crippen LogP contribution >= 0.6 is 0 Å². The molecule has 138 valence electrons. The first-order valence-corrected chi connectivity index (χ1v) is 9.04. The maximum absolute atomic E-state index is 12.8. The molecule has 2 rings (SSSR count). The van der Waals surface area contributed by atoms with Gasteiger partial charge >= 0.3 is 5.97 Å². The van der Waals surface area contributed by atoms with E-state index in [9.17, 15) is 9.59 Å². The Morgan fingerprint density at radius 3 is 2.40 bits per heavy atom. The number of likely N-dealkylation sites (tertiary alicyclic amines) is 1. The number of rotatable bonds is 5. The molecule has 1 N–H and O–H groups in total. The smallest absolute Gasteiger partial charge is 0.317 e. The van der Waals surface area contributed by atoms with Crippen LogP contribution in [0, 0.1) is 20.8 Å². The van der Waals surface area contributed by atoms with Gasteiger partial charge in [0.15, 0.2) is 0 Å². The molecule has 0 aliphatic carbocycles. The molecule has 0 radical (unpaired) electrons. The van der Waals surface area contributed by atoms with Crippen molar-refractivity contribution in [1.29, 1.82) is 0 Å². The molecule has 1 heterocycles. The van der Waals surface area contributed by atoms with Crippen molar-refractivity contribution in [3.8, 4) is 0 Å². The van der Waals surface area contributed by atoms with Gasteiger partial charge in [0, 0.05) is 19.1 Å². The molecule has 1 aromatic rings. The molecule has 0 saturated carbocycles. The van der Waals surface area contributed by atoms with Crippen molar-refractivity contribution in [3.05, 3.63) is 34.4 Å². The molecule has 0 spiro atoms. The lowest BCUT2D eigenvalue weighted by atomic mass is 9.97. The highest BCUT2D eigenvalue weighted by molar-refractivity contribution is 5.79. The molecule has 1 saturated heterocycles. The maximum Gasteiger partial charge on any atom is 0.317 e. The van der Waals surface area contributed by atoms with Gasteiger partial charge in [-0.3, -0.25) is 14.5 Å². The second kappa shape index (κ2) is 8.48. The molecule has 1 aliphatic rings. The Hall–Kier alpha value is -1.88. The number of aliphatic carboxylic acids is 1. The Balaban J connectivity index is 1.98. The number of benzene rings is 1. The summed E-state index contributed by atoms with van der Waals surface area (Å²) < 4.78 is 0. The molecule has 0 aromatic heterocycles.